The molecule has 0 saturated heterocycles. The van der Waals surface area contributed by atoms with Gasteiger partial charge in [-0.1, -0.05) is 5.21 Å². The molecule has 0 saturated carbocycles. The number of aliphatic hydroxyl groups excluding tert-OH is 2. The topological polar surface area (TPSA) is 247 Å². The van der Waals surface area contributed by atoms with Crippen molar-refractivity contribution in [2.75, 3.05) is 6.61 Å². The van der Waals surface area contributed by atoms with Crippen molar-refractivity contribution < 1.29 is 39.2 Å². The molecule has 16 nitrogen and oxygen atoms in total. The van der Waals surface area contributed by atoms with Crippen molar-refractivity contribution >= 4 is 23.9 Å². The Hall–Kier alpha value is -3.92. The van der Waals surface area contributed by atoms with Gasteiger partial charge in [-0.05, 0) is 19.9 Å². The van der Waals surface area contributed by atoms with Gasteiger partial charge in [0.1, 0.15) is 11.8 Å². The van der Waals surface area contributed by atoms with Gasteiger partial charge in [0.05, 0.1) is 31.4 Å². The number of hydrogen-bond acceptors (Lipinski definition) is 10. The SMILES string of the molecule is CC(=O)N[C@H]1[C@H]([C@H](OC(=O)NCc2cn(C(C)C)nn2)[C@H](O)CO)OC(C(=O)O)=C[C@@H]1NC(=N)N. The molecule has 0 spiro atoms. The van der Waals surface area contributed by atoms with E-state index in [1.54, 1.807) is 10.9 Å². The number of amides is 2. The number of carboxylic acid groups (broad SMARTS) is 1. The van der Waals surface area contributed by atoms with Gasteiger partial charge in [0.25, 0.3) is 0 Å². The number of nitrogens with one attached hydrogen (secondary N) is 4. The van der Waals surface area contributed by atoms with E-state index in [0.717, 1.165) is 6.08 Å². The molecule has 2 rings (SSSR count). The first kappa shape index (κ1) is 27.3. The molecule has 0 bridgehead atoms. The molecular formula is C19H30N8O8. The van der Waals surface area contributed by atoms with Crippen LogP contribution in [0.15, 0.2) is 18.0 Å². The van der Waals surface area contributed by atoms with E-state index in [0.29, 0.717) is 5.69 Å². The van der Waals surface area contributed by atoms with Crippen molar-refractivity contribution in [1.29, 1.82) is 5.41 Å². The van der Waals surface area contributed by atoms with Gasteiger partial charge in [-0.15, -0.1) is 5.10 Å². The lowest BCUT2D eigenvalue weighted by Crippen LogP contribution is -2.65. The Morgan fingerprint density at radius 3 is 2.54 bits per heavy atom. The molecule has 2 heterocycles. The van der Waals surface area contributed by atoms with E-state index in [9.17, 15) is 29.7 Å². The molecule has 9 N–H and O–H groups in total. The highest BCUT2D eigenvalue weighted by molar-refractivity contribution is 5.85. The van der Waals surface area contributed by atoms with E-state index < -0.39 is 66.7 Å². The molecule has 0 aliphatic carbocycles. The van der Waals surface area contributed by atoms with Crippen LogP contribution in [0.4, 0.5) is 4.79 Å². The Morgan fingerprint density at radius 1 is 1.34 bits per heavy atom. The predicted octanol–water partition coefficient (Wildman–Crippen LogP) is -2.47. The normalized spacial score (nSPS) is 21.2. The van der Waals surface area contributed by atoms with E-state index in [4.69, 9.17) is 20.6 Å². The Bertz CT molecular complexity index is 964. The maximum atomic E-state index is 12.5. The second-order valence-electron chi connectivity index (χ2n) is 7.99. The summed E-state index contributed by atoms with van der Waals surface area (Å²) in [4.78, 5) is 36.0. The molecule has 35 heavy (non-hydrogen) atoms. The van der Waals surface area contributed by atoms with Crippen LogP contribution in [-0.2, 0) is 25.6 Å². The summed E-state index contributed by atoms with van der Waals surface area (Å²) in [6, 6.07) is -2.20. The number of carbonyl (C=O) groups excluding carboxylic acids is 2. The first-order valence-electron chi connectivity index (χ1n) is 10.6. The smallest absolute Gasteiger partial charge is 0.407 e. The summed E-state index contributed by atoms with van der Waals surface area (Å²) in [5, 5.41) is 52.1. The third-order valence-corrected chi connectivity index (χ3v) is 4.87. The number of carboxylic acids is 1. The molecule has 1 aliphatic heterocycles. The molecule has 0 unspecified atom stereocenters. The average molecular weight is 498 g/mol. The Balaban J connectivity index is 2.28. The first-order chi connectivity index (χ1) is 16.4. The van der Waals surface area contributed by atoms with E-state index in [2.05, 4.69) is 26.3 Å². The summed E-state index contributed by atoms with van der Waals surface area (Å²) in [5.74, 6) is -3.22. The number of guanidine groups is 1. The molecule has 16 heteroatoms. The zero-order chi connectivity index (χ0) is 26.3. The minimum absolute atomic E-state index is 0.0505. The minimum atomic E-state index is -1.73. The first-order valence-corrected chi connectivity index (χ1v) is 10.6. The lowest BCUT2D eigenvalue weighted by atomic mass is 9.92. The molecule has 1 aliphatic rings. The van der Waals surface area contributed by atoms with Gasteiger partial charge in [0, 0.05) is 13.0 Å². The van der Waals surface area contributed by atoms with Crippen LogP contribution in [0.2, 0.25) is 0 Å². The fraction of sp³-hybridized carbons (Fsp3) is 0.579. The quantitative estimate of drug-likeness (QED) is 0.123. The van der Waals surface area contributed by atoms with Gasteiger partial charge in [-0.3, -0.25) is 10.2 Å². The number of hydrogen-bond donors (Lipinski definition) is 8. The van der Waals surface area contributed by atoms with Gasteiger partial charge >= 0.3 is 12.1 Å². The van der Waals surface area contributed by atoms with Crippen LogP contribution in [0.25, 0.3) is 0 Å². The number of nitrogens with zero attached hydrogens (tertiary/aromatic N) is 3. The number of aliphatic carboxylic acids is 1. The molecular weight excluding hydrogens is 468 g/mol. The van der Waals surface area contributed by atoms with Gasteiger partial charge in [0.2, 0.25) is 11.7 Å². The second kappa shape index (κ2) is 12.0. The maximum Gasteiger partial charge on any atom is 0.407 e. The molecule has 194 valence electrons. The standard InChI is InChI=1S/C19H30N8O8/c1-8(2)27-6-10(25-26-27)5-22-19(33)35-15(12(30)7-28)16-14(23-9(3)29)11(24-18(20)21)4-13(34-16)17(31)32/h4,6,8,11-12,14-16,28,30H,5,7H2,1-3H3,(H,22,33)(H,23,29)(H,31,32)(H4,20,21,24)/t11-,12+,14+,15+,16+/m0/s1. The number of carbonyl (C=O) groups is 3. The summed E-state index contributed by atoms with van der Waals surface area (Å²) in [5.41, 5.74) is 5.80. The fourth-order valence-corrected chi connectivity index (χ4v) is 3.28. The van der Waals surface area contributed by atoms with E-state index >= 15 is 0 Å². The highest BCUT2D eigenvalue weighted by Gasteiger charge is 2.46. The summed E-state index contributed by atoms with van der Waals surface area (Å²) in [6.07, 6.45) is -3.24. The monoisotopic (exact) mass is 498 g/mol. The van der Waals surface area contributed by atoms with Crippen molar-refractivity contribution in [1.82, 2.24) is 30.9 Å². The van der Waals surface area contributed by atoms with Gasteiger partial charge < -0.3 is 46.5 Å². The summed E-state index contributed by atoms with van der Waals surface area (Å²) in [7, 11) is 0. The molecule has 1 aromatic heterocycles. The Kier molecular flexibility index (Phi) is 9.35. The molecule has 0 radical (unpaired) electrons. The van der Waals surface area contributed by atoms with Crippen LogP contribution in [0.3, 0.4) is 0 Å². The number of alkyl carbamates (subject to hydrolysis) is 1. The molecule has 2 amide bonds. The van der Waals surface area contributed by atoms with Crippen LogP contribution < -0.4 is 21.7 Å². The number of ether oxygens (including phenoxy) is 2. The molecule has 0 aromatic carbocycles. The van der Waals surface area contributed by atoms with E-state index in [1.807, 2.05) is 13.8 Å². The zero-order valence-electron chi connectivity index (χ0n) is 19.3. The van der Waals surface area contributed by atoms with Crippen LogP contribution in [-0.4, -0.2) is 91.2 Å². The lowest BCUT2D eigenvalue weighted by molar-refractivity contribution is -0.146. The highest BCUT2D eigenvalue weighted by Crippen LogP contribution is 2.25. The average Bonchev–Trinajstić information content (AvgIpc) is 3.25. The maximum absolute atomic E-state index is 12.5. The molecule has 0 fully saturated rings. The van der Waals surface area contributed by atoms with Gasteiger partial charge in [-0.2, -0.15) is 0 Å². The van der Waals surface area contributed by atoms with Crippen molar-refractivity contribution in [2.45, 2.75) is 63.8 Å². The molecule has 5 atom stereocenters. The number of aromatic nitrogens is 3. The Morgan fingerprint density at radius 2 is 2.03 bits per heavy atom. The predicted molar refractivity (Wildman–Crippen MR) is 118 cm³/mol. The van der Waals surface area contributed by atoms with Crippen LogP contribution in [0, 0.1) is 5.41 Å². The van der Waals surface area contributed by atoms with E-state index in [1.165, 1.54) is 6.92 Å². The van der Waals surface area contributed by atoms with Crippen LogP contribution in [0.5, 0.6) is 0 Å². The number of aliphatic hydroxyl groups is 2. The van der Waals surface area contributed by atoms with Gasteiger partial charge in [-0.25, -0.2) is 14.3 Å². The summed E-state index contributed by atoms with van der Waals surface area (Å²) < 4.78 is 12.3. The fourth-order valence-electron chi connectivity index (χ4n) is 3.28. The van der Waals surface area contributed by atoms with Crippen molar-refractivity contribution in [3.63, 3.8) is 0 Å². The summed E-state index contributed by atoms with van der Waals surface area (Å²) in [6.45, 7) is 4.00. The van der Waals surface area contributed by atoms with Gasteiger partial charge in [0.15, 0.2) is 18.2 Å². The largest absolute Gasteiger partial charge is 0.477 e. The van der Waals surface area contributed by atoms with Crippen LogP contribution >= 0.6 is 0 Å². The number of rotatable bonds is 10. The van der Waals surface area contributed by atoms with Crippen molar-refractivity contribution in [2.24, 2.45) is 5.73 Å². The molecule has 1 aromatic rings. The second-order valence-corrected chi connectivity index (χ2v) is 7.99. The number of nitrogens with two attached hydrogens (primary N) is 1. The van der Waals surface area contributed by atoms with E-state index in [-0.39, 0.29) is 12.6 Å². The zero-order valence-corrected chi connectivity index (χ0v) is 19.3. The van der Waals surface area contributed by atoms with Crippen molar-refractivity contribution in [3.8, 4) is 0 Å². The minimum Gasteiger partial charge on any atom is -0.477 e. The van der Waals surface area contributed by atoms with Crippen LogP contribution in [0.1, 0.15) is 32.5 Å². The summed E-state index contributed by atoms with van der Waals surface area (Å²) >= 11 is 0. The highest BCUT2D eigenvalue weighted by atomic mass is 16.6. The third-order valence-electron chi connectivity index (χ3n) is 4.87. The lowest BCUT2D eigenvalue weighted by Gasteiger charge is -2.41. The Labute approximate surface area is 200 Å². The van der Waals surface area contributed by atoms with Crippen molar-refractivity contribution in [3.05, 3.63) is 23.7 Å². The third kappa shape index (κ3) is 7.54.